The summed E-state index contributed by atoms with van der Waals surface area (Å²) in [5, 5.41) is 3.08. The molecule has 1 N–H and O–H groups in total. The van der Waals surface area contributed by atoms with E-state index >= 15 is 0 Å². The number of benzene rings is 3. The van der Waals surface area contributed by atoms with Gasteiger partial charge in [-0.3, -0.25) is 9.59 Å². The third kappa shape index (κ3) is 4.17. The summed E-state index contributed by atoms with van der Waals surface area (Å²) in [6.07, 6.45) is 0. The van der Waals surface area contributed by atoms with Crippen molar-refractivity contribution in [1.29, 1.82) is 0 Å². The number of hydrogen-bond donors (Lipinski definition) is 1. The van der Waals surface area contributed by atoms with Gasteiger partial charge in [-0.15, -0.1) is 0 Å². The standard InChI is InChI=1S/C26H23FN2O4/c1-15-8-9-17(10-16(15)2)23-24(28-19-12-21(32-3)14-22(13-19)33-4)26(31)29(25(23)30)20-7-5-6-18(27)11-20/h5-14,28H,1-4H3. The van der Waals surface area contributed by atoms with Crippen LogP contribution in [0, 0.1) is 19.7 Å². The fourth-order valence-corrected chi connectivity index (χ4v) is 3.68. The second kappa shape index (κ2) is 8.78. The summed E-state index contributed by atoms with van der Waals surface area (Å²) < 4.78 is 24.5. The van der Waals surface area contributed by atoms with Crippen LogP contribution in [0.15, 0.2) is 66.4 Å². The van der Waals surface area contributed by atoms with Gasteiger partial charge in [-0.2, -0.15) is 0 Å². The Hall–Kier alpha value is -4.13. The molecule has 0 spiro atoms. The zero-order chi connectivity index (χ0) is 23.7. The highest BCUT2D eigenvalue weighted by molar-refractivity contribution is 6.46. The average molecular weight is 446 g/mol. The van der Waals surface area contributed by atoms with Crippen LogP contribution < -0.4 is 19.7 Å². The molecule has 1 heterocycles. The number of imide groups is 1. The number of nitrogens with one attached hydrogen (secondary N) is 1. The summed E-state index contributed by atoms with van der Waals surface area (Å²) in [5.74, 6) is -0.625. The van der Waals surface area contributed by atoms with Gasteiger partial charge in [-0.25, -0.2) is 9.29 Å². The summed E-state index contributed by atoms with van der Waals surface area (Å²) in [5.41, 5.74) is 3.58. The molecular weight excluding hydrogens is 423 g/mol. The number of carbonyl (C=O) groups is 2. The fraction of sp³-hybridized carbons (Fsp3) is 0.154. The van der Waals surface area contributed by atoms with E-state index in [9.17, 15) is 14.0 Å². The number of rotatable bonds is 6. The highest BCUT2D eigenvalue weighted by Crippen LogP contribution is 2.36. The summed E-state index contributed by atoms with van der Waals surface area (Å²) in [4.78, 5) is 28.0. The van der Waals surface area contributed by atoms with Crippen molar-refractivity contribution < 1.29 is 23.5 Å². The number of anilines is 2. The Labute approximate surface area is 191 Å². The van der Waals surface area contributed by atoms with Crippen molar-refractivity contribution >= 4 is 28.8 Å². The number of halogens is 1. The van der Waals surface area contributed by atoms with Gasteiger partial charge in [-0.05, 0) is 48.7 Å². The van der Waals surface area contributed by atoms with Crippen LogP contribution in [-0.4, -0.2) is 26.0 Å². The van der Waals surface area contributed by atoms with Crippen molar-refractivity contribution in [2.75, 3.05) is 24.4 Å². The summed E-state index contributed by atoms with van der Waals surface area (Å²) >= 11 is 0. The number of amides is 2. The molecule has 0 saturated heterocycles. The van der Waals surface area contributed by atoms with Crippen LogP contribution in [0.5, 0.6) is 11.5 Å². The van der Waals surface area contributed by atoms with Crippen molar-refractivity contribution in [3.05, 3.63) is 88.9 Å². The van der Waals surface area contributed by atoms with Gasteiger partial charge in [0.15, 0.2) is 0 Å². The Morgan fingerprint density at radius 1 is 0.818 bits per heavy atom. The average Bonchev–Trinajstić information content (AvgIpc) is 3.04. The van der Waals surface area contributed by atoms with E-state index in [4.69, 9.17) is 9.47 Å². The van der Waals surface area contributed by atoms with E-state index in [-0.39, 0.29) is 17.0 Å². The Morgan fingerprint density at radius 3 is 2.12 bits per heavy atom. The highest BCUT2D eigenvalue weighted by atomic mass is 19.1. The third-order valence-corrected chi connectivity index (χ3v) is 5.57. The minimum atomic E-state index is -0.583. The molecule has 2 amide bonds. The monoisotopic (exact) mass is 446 g/mol. The molecule has 0 bridgehead atoms. The molecule has 1 aliphatic rings. The number of carbonyl (C=O) groups excluding carboxylic acids is 2. The summed E-state index contributed by atoms with van der Waals surface area (Å²) in [7, 11) is 3.04. The number of nitrogens with zero attached hydrogens (tertiary/aromatic N) is 1. The van der Waals surface area contributed by atoms with E-state index in [2.05, 4.69) is 5.32 Å². The van der Waals surface area contributed by atoms with Gasteiger partial charge in [0.2, 0.25) is 0 Å². The van der Waals surface area contributed by atoms with Crippen molar-refractivity contribution in [1.82, 2.24) is 0 Å². The first-order valence-electron chi connectivity index (χ1n) is 10.3. The van der Waals surface area contributed by atoms with Gasteiger partial charge in [0.05, 0.1) is 25.5 Å². The number of ether oxygens (including phenoxy) is 2. The van der Waals surface area contributed by atoms with Crippen LogP contribution in [0.25, 0.3) is 5.57 Å². The minimum Gasteiger partial charge on any atom is -0.497 e. The van der Waals surface area contributed by atoms with E-state index in [1.54, 1.807) is 24.3 Å². The van der Waals surface area contributed by atoms with E-state index in [1.165, 1.54) is 32.4 Å². The zero-order valence-corrected chi connectivity index (χ0v) is 18.7. The highest BCUT2D eigenvalue weighted by Gasteiger charge is 2.40. The second-order valence-corrected chi connectivity index (χ2v) is 7.70. The number of hydrogen-bond acceptors (Lipinski definition) is 5. The molecule has 0 saturated carbocycles. The van der Waals surface area contributed by atoms with E-state index in [0.717, 1.165) is 22.1 Å². The van der Waals surface area contributed by atoms with Crippen molar-refractivity contribution in [3.8, 4) is 11.5 Å². The van der Waals surface area contributed by atoms with Crippen LogP contribution in [0.3, 0.4) is 0 Å². The minimum absolute atomic E-state index is 0.0859. The predicted molar refractivity (Wildman–Crippen MR) is 125 cm³/mol. The van der Waals surface area contributed by atoms with Gasteiger partial charge in [0.1, 0.15) is 23.0 Å². The molecule has 7 heteroatoms. The van der Waals surface area contributed by atoms with E-state index < -0.39 is 17.6 Å². The molecule has 0 fully saturated rings. The predicted octanol–water partition coefficient (Wildman–Crippen LogP) is 4.86. The molecule has 168 valence electrons. The molecule has 0 aliphatic carbocycles. The van der Waals surface area contributed by atoms with Crippen molar-refractivity contribution in [2.24, 2.45) is 0 Å². The fourth-order valence-electron chi connectivity index (χ4n) is 3.68. The molecule has 0 radical (unpaired) electrons. The smallest absolute Gasteiger partial charge is 0.282 e. The second-order valence-electron chi connectivity index (χ2n) is 7.70. The first kappa shape index (κ1) is 22.1. The molecule has 0 aromatic heterocycles. The lowest BCUT2D eigenvalue weighted by molar-refractivity contribution is -0.120. The van der Waals surface area contributed by atoms with E-state index in [1.807, 2.05) is 26.0 Å². The first-order valence-corrected chi connectivity index (χ1v) is 10.3. The Kier molecular flexibility index (Phi) is 5.87. The maximum Gasteiger partial charge on any atom is 0.282 e. The van der Waals surface area contributed by atoms with Gasteiger partial charge < -0.3 is 14.8 Å². The van der Waals surface area contributed by atoms with Crippen LogP contribution in [0.1, 0.15) is 16.7 Å². The van der Waals surface area contributed by atoms with Crippen LogP contribution in [0.4, 0.5) is 15.8 Å². The molecule has 1 aliphatic heterocycles. The van der Waals surface area contributed by atoms with Crippen LogP contribution >= 0.6 is 0 Å². The molecular formula is C26H23FN2O4. The Bertz CT molecular complexity index is 1280. The first-order chi connectivity index (χ1) is 15.8. The maximum atomic E-state index is 13.9. The van der Waals surface area contributed by atoms with Crippen molar-refractivity contribution in [2.45, 2.75) is 13.8 Å². The Morgan fingerprint density at radius 2 is 1.52 bits per heavy atom. The third-order valence-electron chi connectivity index (χ3n) is 5.57. The van der Waals surface area contributed by atoms with Gasteiger partial charge in [0, 0.05) is 23.9 Å². The van der Waals surface area contributed by atoms with Gasteiger partial charge >= 0.3 is 0 Å². The summed E-state index contributed by atoms with van der Waals surface area (Å²) in [6, 6.07) is 16.0. The molecule has 33 heavy (non-hydrogen) atoms. The quantitative estimate of drug-likeness (QED) is 0.548. The van der Waals surface area contributed by atoms with E-state index in [0.29, 0.717) is 22.7 Å². The molecule has 3 aromatic carbocycles. The number of aryl methyl sites for hydroxylation is 2. The Balaban J connectivity index is 1.86. The SMILES string of the molecule is COc1cc(NC2=C(c3ccc(C)c(C)c3)C(=O)N(c3cccc(F)c3)C2=O)cc(OC)c1. The van der Waals surface area contributed by atoms with Crippen LogP contribution in [-0.2, 0) is 9.59 Å². The van der Waals surface area contributed by atoms with Crippen LogP contribution in [0.2, 0.25) is 0 Å². The lowest BCUT2D eigenvalue weighted by atomic mass is 9.99. The molecule has 3 aromatic rings. The number of methoxy groups -OCH3 is 2. The summed E-state index contributed by atoms with van der Waals surface area (Å²) in [6.45, 7) is 3.90. The lowest BCUT2D eigenvalue weighted by Gasteiger charge is -2.16. The topological polar surface area (TPSA) is 67.9 Å². The maximum absolute atomic E-state index is 13.9. The largest absolute Gasteiger partial charge is 0.497 e. The van der Waals surface area contributed by atoms with Crippen molar-refractivity contribution in [3.63, 3.8) is 0 Å². The van der Waals surface area contributed by atoms with Gasteiger partial charge in [0.25, 0.3) is 11.8 Å². The molecule has 4 rings (SSSR count). The zero-order valence-electron chi connectivity index (χ0n) is 18.7. The normalized spacial score (nSPS) is 13.5. The lowest BCUT2D eigenvalue weighted by Crippen LogP contribution is -2.32. The molecule has 0 unspecified atom stereocenters. The van der Waals surface area contributed by atoms with Gasteiger partial charge in [-0.1, -0.05) is 24.3 Å². The molecule has 6 nitrogen and oxygen atoms in total. The molecule has 0 atom stereocenters.